The molecule has 0 fully saturated rings. The average Bonchev–Trinajstić information content (AvgIpc) is 2.32. The lowest BCUT2D eigenvalue weighted by Crippen LogP contribution is -2.41. The van der Waals surface area contributed by atoms with Crippen molar-refractivity contribution in [2.45, 2.75) is 45.3 Å². The number of nitrogens with one attached hydrogen (secondary N) is 1. The minimum Gasteiger partial charge on any atom is -0.481 e. The first-order valence-electron chi connectivity index (χ1n) is 6.82. The molecule has 0 aliphatic rings. The van der Waals surface area contributed by atoms with Crippen LogP contribution in [0.5, 0.6) is 0 Å². The first-order valence-corrected chi connectivity index (χ1v) is 6.82. The van der Waals surface area contributed by atoms with Gasteiger partial charge >= 0.3 is 12.1 Å². The van der Waals surface area contributed by atoms with Gasteiger partial charge in [-0.05, 0) is 44.9 Å². The lowest BCUT2D eigenvalue weighted by Gasteiger charge is -2.23. The Morgan fingerprint density at radius 2 is 1.74 bits per heavy atom. The fourth-order valence-electron chi connectivity index (χ4n) is 1.87. The van der Waals surface area contributed by atoms with Crippen LogP contribution in [0.2, 0.25) is 0 Å². The molecule has 0 bridgehead atoms. The maximum absolute atomic E-state index is 13.2. The van der Waals surface area contributed by atoms with Crippen molar-refractivity contribution in [1.82, 2.24) is 5.32 Å². The third kappa shape index (κ3) is 6.58. The zero-order valence-corrected chi connectivity index (χ0v) is 13.0. The van der Waals surface area contributed by atoms with E-state index in [0.717, 1.165) is 12.1 Å². The number of carboxylic acids is 1. The van der Waals surface area contributed by atoms with Gasteiger partial charge in [0.15, 0.2) is 17.5 Å². The van der Waals surface area contributed by atoms with E-state index in [1.165, 1.54) is 0 Å². The number of benzene rings is 1. The number of amides is 1. The smallest absolute Gasteiger partial charge is 0.407 e. The van der Waals surface area contributed by atoms with Gasteiger partial charge in [0, 0.05) is 6.04 Å². The Labute approximate surface area is 131 Å². The highest BCUT2D eigenvalue weighted by atomic mass is 19.2. The van der Waals surface area contributed by atoms with E-state index in [1.807, 2.05) is 0 Å². The molecule has 0 aliphatic heterocycles. The molecule has 1 rings (SSSR count). The van der Waals surface area contributed by atoms with E-state index in [0.29, 0.717) is 0 Å². The van der Waals surface area contributed by atoms with Crippen molar-refractivity contribution in [3.05, 3.63) is 35.1 Å². The Hall–Kier alpha value is -2.25. The van der Waals surface area contributed by atoms with Crippen molar-refractivity contribution in [2.24, 2.45) is 0 Å². The van der Waals surface area contributed by atoms with E-state index in [9.17, 15) is 22.8 Å². The SMILES string of the molecule is CC(C)(C)OC(=O)N[C@@H](CC(=O)O)Cc1cc(F)c(F)c(F)c1. The number of carbonyl (C=O) groups is 2. The lowest BCUT2D eigenvalue weighted by atomic mass is 10.0. The summed E-state index contributed by atoms with van der Waals surface area (Å²) in [6, 6.07) is 0.542. The molecule has 0 aliphatic carbocycles. The molecule has 2 N–H and O–H groups in total. The molecule has 1 aromatic rings. The summed E-state index contributed by atoms with van der Waals surface area (Å²) in [6.07, 6.45) is -1.54. The minimum absolute atomic E-state index is 0.0173. The number of alkyl carbamates (subject to hydrolysis) is 1. The second kappa shape index (κ2) is 7.34. The lowest BCUT2D eigenvalue weighted by molar-refractivity contribution is -0.137. The molecule has 0 unspecified atom stereocenters. The zero-order valence-electron chi connectivity index (χ0n) is 13.0. The highest BCUT2D eigenvalue weighted by molar-refractivity contribution is 5.71. The van der Waals surface area contributed by atoms with E-state index in [-0.39, 0.29) is 12.0 Å². The first kappa shape index (κ1) is 18.8. The molecule has 0 aromatic heterocycles. The maximum atomic E-state index is 13.2. The Kier molecular flexibility index (Phi) is 6.00. The molecule has 1 aromatic carbocycles. The van der Waals surface area contributed by atoms with Crippen molar-refractivity contribution < 1.29 is 32.6 Å². The topological polar surface area (TPSA) is 75.6 Å². The molecule has 8 heteroatoms. The average molecular weight is 333 g/mol. The van der Waals surface area contributed by atoms with Gasteiger partial charge in [-0.1, -0.05) is 0 Å². The van der Waals surface area contributed by atoms with Crippen molar-refractivity contribution in [1.29, 1.82) is 0 Å². The van der Waals surface area contributed by atoms with Gasteiger partial charge < -0.3 is 15.2 Å². The molecular weight excluding hydrogens is 315 g/mol. The first-order chi connectivity index (χ1) is 10.5. The van der Waals surface area contributed by atoms with Gasteiger partial charge in [-0.15, -0.1) is 0 Å². The van der Waals surface area contributed by atoms with Gasteiger partial charge in [-0.2, -0.15) is 0 Å². The number of carboxylic acid groups (broad SMARTS) is 1. The highest BCUT2D eigenvalue weighted by Gasteiger charge is 2.22. The number of rotatable bonds is 5. The molecule has 0 saturated heterocycles. The summed E-state index contributed by atoms with van der Waals surface area (Å²) in [5.74, 6) is -5.59. The molecule has 23 heavy (non-hydrogen) atoms. The predicted octanol–water partition coefficient (Wildman–Crippen LogP) is 3.01. The summed E-state index contributed by atoms with van der Waals surface area (Å²) in [5, 5.41) is 11.2. The van der Waals surface area contributed by atoms with Crippen LogP contribution in [0.3, 0.4) is 0 Å². The predicted molar refractivity (Wildman–Crippen MR) is 75.4 cm³/mol. The van der Waals surface area contributed by atoms with Crippen molar-refractivity contribution >= 4 is 12.1 Å². The largest absolute Gasteiger partial charge is 0.481 e. The van der Waals surface area contributed by atoms with E-state index in [1.54, 1.807) is 20.8 Å². The molecule has 0 spiro atoms. The molecule has 1 amide bonds. The Bertz CT molecular complexity index is 576. The van der Waals surface area contributed by atoms with Gasteiger partial charge in [0.2, 0.25) is 0 Å². The second-order valence-electron chi connectivity index (χ2n) is 6.02. The van der Waals surface area contributed by atoms with Crippen LogP contribution in [0.25, 0.3) is 0 Å². The van der Waals surface area contributed by atoms with Gasteiger partial charge in [-0.25, -0.2) is 18.0 Å². The van der Waals surface area contributed by atoms with E-state index >= 15 is 0 Å². The molecule has 0 saturated carbocycles. The number of halogens is 3. The monoisotopic (exact) mass is 333 g/mol. The Morgan fingerprint density at radius 1 is 1.22 bits per heavy atom. The number of hydrogen-bond acceptors (Lipinski definition) is 3. The standard InChI is InChI=1S/C15H18F3NO4/c1-15(2,3)23-14(22)19-9(7-12(20)21)4-8-5-10(16)13(18)11(17)6-8/h5-6,9H,4,7H2,1-3H3,(H,19,22)(H,20,21)/t9-/m1/s1. The number of carbonyl (C=O) groups excluding carboxylic acids is 1. The molecule has 1 atom stereocenters. The van der Waals surface area contributed by atoms with Crippen molar-refractivity contribution in [2.75, 3.05) is 0 Å². The fraction of sp³-hybridized carbons (Fsp3) is 0.467. The summed E-state index contributed by atoms with van der Waals surface area (Å²) in [7, 11) is 0. The number of aliphatic carboxylic acids is 1. The molecule has 5 nitrogen and oxygen atoms in total. The maximum Gasteiger partial charge on any atom is 0.407 e. The van der Waals surface area contributed by atoms with Crippen LogP contribution >= 0.6 is 0 Å². The van der Waals surface area contributed by atoms with Crippen LogP contribution in [0.1, 0.15) is 32.8 Å². The number of hydrogen-bond donors (Lipinski definition) is 2. The molecule has 0 heterocycles. The van der Waals surface area contributed by atoms with Crippen molar-refractivity contribution in [3.8, 4) is 0 Å². The highest BCUT2D eigenvalue weighted by Crippen LogP contribution is 2.16. The van der Waals surface area contributed by atoms with Gasteiger partial charge in [0.05, 0.1) is 6.42 Å². The fourth-order valence-corrected chi connectivity index (χ4v) is 1.87. The van der Waals surface area contributed by atoms with Crippen LogP contribution in [0.4, 0.5) is 18.0 Å². The normalized spacial score (nSPS) is 12.6. The minimum atomic E-state index is -1.61. The Morgan fingerprint density at radius 3 is 2.17 bits per heavy atom. The van der Waals surface area contributed by atoms with Crippen LogP contribution < -0.4 is 5.32 Å². The summed E-state index contributed by atoms with van der Waals surface area (Å²) in [4.78, 5) is 22.5. The third-order valence-corrected chi connectivity index (χ3v) is 2.67. The second-order valence-corrected chi connectivity index (χ2v) is 6.02. The van der Waals surface area contributed by atoms with Gasteiger partial charge in [-0.3, -0.25) is 4.79 Å². The van der Waals surface area contributed by atoms with Crippen molar-refractivity contribution in [3.63, 3.8) is 0 Å². The zero-order chi connectivity index (χ0) is 17.8. The van der Waals surface area contributed by atoms with Crippen LogP contribution in [0.15, 0.2) is 12.1 Å². The molecule has 128 valence electrons. The van der Waals surface area contributed by atoms with E-state index in [4.69, 9.17) is 9.84 Å². The van der Waals surface area contributed by atoms with Crippen LogP contribution in [-0.2, 0) is 16.0 Å². The Balaban J connectivity index is 2.87. The molecular formula is C15H18F3NO4. The molecule has 0 radical (unpaired) electrons. The van der Waals surface area contributed by atoms with E-state index in [2.05, 4.69) is 5.32 Å². The summed E-state index contributed by atoms with van der Waals surface area (Å²) < 4.78 is 44.3. The summed E-state index contributed by atoms with van der Waals surface area (Å²) >= 11 is 0. The van der Waals surface area contributed by atoms with E-state index < -0.39 is 47.6 Å². The summed E-state index contributed by atoms with van der Waals surface area (Å²) in [5.41, 5.74) is -0.768. The van der Waals surface area contributed by atoms with Gasteiger partial charge in [0.1, 0.15) is 5.60 Å². The third-order valence-electron chi connectivity index (χ3n) is 2.67. The number of ether oxygens (including phenoxy) is 1. The quantitative estimate of drug-likeness (QED) is 0.812. The van der Waals surface area contributed by atoms with Crippen LogP contribution in [0, 0.1) is 17.5 Å². The van der Waals surface area contributed by atoms with Crippen LogP contribution in [-0.4, -0.2) is 28.8 Å². The van der Waals surface area contributed by atoms with Gasteiger partial charge in [0.25, 0.3) is 0 Å². The summed E-state index contributed by atoms with van der Waals surface area (Å²) in [6.45, 7) is 4.89.